The summed E-state index contributed by atoms with van der Waals surface area (Å²) in [5.41, 5.74) is 2.07. The van der Waals surface area contributed by atoms with Crippen molar-refractivity contribution >= 4 is 17.0 Å². The van der Waals surface area contributed by atoms with Crippen molar-refractivity contribution in [2.24, 2.45) is 0 Å². The van der Waals surface area contributed by atoms with Gasteiger partial charge in [0.15, 0.2) is 0 Å². The van der Waals surface area contributed by atoms with Crippen LogP contribution in [0, 0.1) is 0 Å². The van der Waals surface area contributed by atoms with Crippen LogP contribution in [0.2, 0.25) is 0 Å². The van der Waals surface area contributed by atoms with Gasteiger partial charge in [-0.3, -0.25) is 0 Å². The Kier molecular flexibility index (Phi) is 11.0. The summed E-state index contributed by atoms with van der Waals surface area (Å²) in [4.78, 5) is 0. The van der Waals surface area contributed by atoms with Gasteiger partial charge in [-0.2, -0.15) is 0 Å². The molecule has 138 valence electrons. The third-order valence-corrected chi connectivity index (χ3v) is 3.42. The van der Waals surface area contributed by atoms with E-state index in [-0.39, 0.29) is 13.7 Å². The molecule has 2 rings (SSSR count). The van der Waals surface area contributed by atoms with Crippen LogP contribution in [0.25, 0.3) is 0 Å². The molecule has 0 unspecified atom stereocenters. The summed E-state index contributed by atoms with van der Waals surface area (Å²) >= 11 is -0.826. The van der Waals surface area contributed by atoms with Gasteiger partial charge in [-0.05, 0) is 34.1 Å². The Morgan fingerprint density at radius 2 is 0.920 bits per heavy atom. The first-order valence-electron chi connectivity index (χ1n) is 7.98. The molecule has 0 aromatic heterocycles. The van der Waals surface area contributed by atoms with E-state index in [0.29, 0.717) is 11.5 Å². The van der Waals surface area contributed by atoms with Gasteiger partial charge in [0.05, 0.1) is 0 Å². The van der Waals surface area contributed by atoms with Crippen molar-refractivity contribution in [2.45, 2.75) is 52.4 Å². The fourth-order valence-corrected chi connectivity index (χ4v) is 2.22. The van der Waals surface area contributed by atoms with Crippen LogP contribution in [0.1, 0.15) is 55.5 Å². The molecule has 0 fully saturated rings. The maximum absolute atomic E-state index is 9.45. The van der Waals surface area contributed by atoms with Crippen molar-refractivity contribution < 1.29 is 33.9 Å². The maximum atomic E-state index is 9.45. The predicted octanol–water partition coefficient (Wildman–Crippen LogP) is 6.98. The minimum atomic E-state index is -0.826. The molecule has 5 heteroatoms. The van der Waals surface area contributed by atoms with Crippen molar-refractivity contribution in [1.82, 2.24) is 0 Å². The summed E-state index contributed by atoms with van der Waals surface area (Å²) in [7, 11) is 9.87. The van der Waals surface area contributed by atoms with Crippen molar-refractivity contribution in [3.63, 3.8) is 0 Å². The smallest absolute Gasteiger partial charge is 1.00 e. The summed E-state index contributed by atoms with van der Waals surface area (Å²) in [5.74, 6) is 0.778. The van der Waals surface area contributed by atoms with E-state index in [1.807, 2.05) is 36.4 Å². The van der Waals surface area contributed by atoms with E-state index < -0.39 is 20.8 Å². The molecule has 0 bridgehead atoms. The third kappa shape index (κ3) is 9.68. The monoisotopic (exact) mass is 462 g/mol. The molecule has 25 heavy (non-hydrogen) atoms. The van der Waals surface area contributed by atoms with Gasteiger partial charge in [0.25, 0.3) is 0 Å². The molecule has 2 N–H and O–H groups in total. The quantitative estimate of drug-likeness (QED) is 0.441. The van der Waals surface area contributed by atoms with Crippen LogP contribution in [0.4, 0.5) is 0 Å². The zero-order valence-corrected chi connectivity index (χ0v) is 19.7. The zero-order valence-electron chi connectivity index (χ0n) is 17.8. The number of halogens is 2. The predicted molar refractivity (Wildman–Crippen MR) is 108 cm³/mol. The van der Waals surface area contributed by atoms with Crippen LogP contribution in [-0.2, 0) is 31.7 Å². The molecule has 2 aromatic carbocycles. The Morgan fingerprint density at radius 1 is 0.680 bits per heavy atom. The number of phenolic OH excluding ortho intramolecular Hbond substituents is 2. The van der Waals surface area contributed by atoms with Gasteiger partial charge >= 0.3 is 40.7 Å². The minimum Gasteiger partial charge on any atom is 1.00 e. The molecule has 0 atom stereocenters. The Balaban J connectivity index is -0.000000350. The molecule has 0 saturated heterocycles. The van der Waals surface area contributed by atoms with Gasteiger partial charge in [0.1, 0.15) is 11.5 Å². The first-order valence-corrected chi connectivity index (χ1v) is 14.3. The average Bonchev–Trinajstić information content (AvgIpc) is 2.47. The summed E-state index contributed by atoms with van der Waals surface area (Å²) in [6, 6.07) is 14.9. The van der Waals surface area contributed by atoms with E-state index in [2.05, 4.69) is 41.5 Å². The molecule has 0 aliphatic rings. The van der Waals surface area contributed by atoms with Crippen molar-refractivity contribution in [3.8, 4) is 11.5 Å². The second-order valence-electron chi connectivity index (χ2n) is 7.61. The van der Waals surface area contributed by atoms with Crippen LogP contribution in [0.15, 0.2) is 48.5 Å². The topological polar surface area (TPSA) is 40.5 Å². The van der Waals surface area contributed by atoms with E-state index in [1.165, 1.54) is 0 Å². The summed E-state index contributed by atoms with van der Waals surface area (Å²) in [5, 5.41) is 18.9. The van der Waals surface area contributed by atoms with Gasteiger partial charge in [0.2, 0.25) is 0 Å². The van der Waals surface area contributed by atoms with Crippen LogP contribution in [-0.4, -0.2) is 10.2 Å². The number of rotatable bonds is 0. The van der Waals surface area contributed by atoms with E-state index >= 15 is 0 Å². The number of phenols is 2. The molecular formula is C20H30Cl2O2Zr+2. The molecule has 2 aromatic rings. The largest absolute Gasteiger partial charge is 1.00 e. The molecule has 0 radical (unpaired) electrons. The van der Waals surface area contributed by atoms with Crippen LogP contribution in [0.5, 0.6) is 11.5 Å². The van der Waals surface area contributed by atoms with Crippen LogP contribution < -0.4 is 0 Å². The Morgan fingerprint density at radius 3 is 1.08 bits per heavy atom. The van der Waals surface area contributed by atoms with Gasteiger partial charge < -0.3 is 10.2 Å². The maximum Gasteiger partial charge on any atom is 1.00 e. The normalized spacial score (nSPS) is 10.7. The number of hydrogen-bond donors (Lipinski definition) is 2. The number of benzene rings is 2. The Hall–Kier alpha value is -0.497. The van der Waals surface area contributed by atoms with Crippen molar-refractivity contribution in [3.05, 3.63) is 59.7 Å². The minimum absolute atomic E-state index is 0. The fraction of sp³-hybridized carbons (Fsp3) is 0.400. The first-order chi connectivity index (χ1) is 11.4. The van der Waals surface area contributed by atoms with E-state index in [1.54, 1.807) is 12.1 Å². The SMILES string of the molecule is CC(C)(C)c1ccccc1O.CC(C)(C)c1ccccc1O.[Cl][Zr][Cl].[H+].[H+]. The van der Waals surface area contributed by atoms with Gasteiger partial charge in [-0.15, -0.1) is 0 Å². The molecule has 0 heterocycles. The van der Waals surface area contributed by atoms with E-state index in [4.69, 9.17) is 17.0 Å². The van der Waals surface area contributed by atoms with E-state index in [9.17, 15) is 10.2 Å². The molecule has 0 saturated carbocycles. The van der Waals surface area contributed by atoms with E-state index in [0.717, 1.165) is 11.1 Å². The summed E-state index contributed by atoms with van der Waals surface area (Å²) < 4.78 is 0. The number of hydrogen-bond acceptors (Lipinski definition) is 2. The molecule has 0 amide bonds. The zero-order chi connectivity index (χ0) is 19.7. The van der Waals surface area contributed by atoms with Crippen molar-refractivity contribution in [1.29, 1.82) is 0 Å². The first kappa shape index (κ1) is 24.5. The van der Waals surface area contributed by atoms with Crippen molar-refractivity contribution in [2.75, 3.05) is 0 Å². The Labute approximate surface area is 173 Å². The third-order valence-electron chi connectivity index (χ3n) is 3.42. The second kappa shape index (κ2) is 11.3. The molecular weight excluding hydrogens is 434 g/mol. The van der Waals surface area contributed by atoms with Gasteiger partial charge in [-0.25, -0.2) is 0 Å². The molecule has 0 spiro atoms. The number of aromatic hydroxyl groups is 2. The van der Waals surface area contributed by atoms with Gasteiger partial charge in [-0.1, -0.05) is 77.9 Å². The van der Waals surface area contributed by atoms with Gasteiger partial charge in [0, 0.05) is 0 Å². The summed E-state index contributed by atoms with van der Waals surface area (Å²) in [6.07, 6.45) is 0. The molecule has 0 aliphatic carbocycles. The van der Waals surface area contributed by atoms with Crippen LogP contribution >= 0.6 is 17.0 Å². The average molecular weight is 465 g/mol. The number of para-hydroxylation sites is 2. The molecule has 2 nitrogen and oxygen atoms in total. The fourth-order valence-electron chi connectivity index (χ4n) is 2.22. The summed E-state index contributed by atoms with van der Waals surface area (Å²) in [6.45, 7) is 12.5. The van der Waals surface area contributed by atoms with Crippen LogP contribution in [0.3, 0.4) is 0 Å². The Bertz CT molecular complexity index is 587. The standard InChI is InChI=1S/2C10H14O.2ClH.Zr/c2*1-10(2,3)8-6-4-5-7-9(8)11;;;/h2*4-7,11H,1-3H3;2*1H;/q;;;;+2. The second-order valence-corrected chi connectivity index (χ2v) is 11.3. The molecule has 0 aliphatic heterocycles.